The zero-order chi connectivity index (χ0) is 20.4. The normalized spacial score (nSPS) is 10.8. The number of nitrogens with zero attached hydrogens (tertiary/aromatic N) is 3. The van der Waals surface area contributed by atoms with Crippen LogP contribution in [0.25, 0.3) is 22.2 Å². The molecule has 0 aliphatic rings. The van der Waals surface area contributed by atoms with Gasteiger partial charge in [-0.3, -0.25) is 9.59 Å². The summed E-state index contributed by atoms with van der Waals surface area (Å²) in [5.74, 6) is 0.784. The molecule has 0 radical (unpaired) electrons. The van der Waals surface area contributed by atoms with Gasteiger partial charge in [0.2, 0.25) is 5.89 Å². The van der Waals surface area contributed by atoms with Crippen molar-refractivity contribution in [2.24, 2.45) is 0 Å². The average Bonchev–Trinajstić information content (AvgIpc) is 3.24. The highest BCUT2D eigenvalue weighted by Crippen LogP contribution is 2.22. The van der Waals surface area contributed by atoms with E-state index in [9.17, 15) is 9.59 Å². The van der Waals surface area contributed by atoms with Crippen molar-refractivity contribution >= 4 is 16.7 Å². The standard InChI is InChI=1S/C21H18N4O4/c1-22-19(26)18-16-5-3-4-6-17(16)21(27)25(24-18)11-14-12-29-20(23-14)13-7-9-15(28-2)10-8-13/h3-10,12H,11H2,1-2H3,(H,22,26). The first kappa shape index (κ1) is 18.4. The van der Waals surface area contributed by atoms with E-state index in [0.29, 0.717) is 22.4 Å². The van der Waals surface area contributed by atoms with Crippen LogP contribution in [0.2, 0.25) is 0 Å². The summed E-state index contributed by atoms with van der Waals surface area (Å²) in [4.78, 5) is 29.5. The molecule has 1 amide bonds. The van der Waals surface area contributed by atoms with Crippen LogP contribution < -0.4 is 15.6 Å². The van der Waals surface area contributed by atoms with Crippen LogP contribution in [-0.4, -0.2) is 34.8 Å². The first-order chi connectivity index (χ1) is 14.1. The van der Waals surface area contributed by atoms with Gasteiger partial charge in [-0.15, -0.1) is 0 Å². The summed E-state index contributed by atoms with van der Waals surface area (Å²) >= 11 is 0. The number of rotatable bonds is 5. The van der Waals surface area contributed by atoms with Gasteiger partial charge in [0, 0.05) is 18.0 Å². The molecule has 0 spiro atoms. The minimum atomic E-state index is -0.367. The summed E-state index contributed by atoms with van der Waals surface area (Å²) in [6.07, 6.45) is 1.47. The number of aromatic nitrogens is 3. The van der Waals surface area contributed by atoms with Crippen LogP contribution in [0.15, 0.2) is 64.0 Å². The first-order valence-corrected chi connectivity index (χ1v) is 8.91. The Labute approximate surface area is 165 Å². The summed E-state index contributed by atoms with van der Waals surface area (Å²) in [6.45, 7) is 0.0767. The van der Waals surface area contributed by atoms with Crippen molar-refractivity contribution in [3.63, 3.8) is 0 Å². The van der Waals surface area contributed by atoms with Crippen LogP contribution in [0.3, 0.4) is 0 Å². The van der Waals surface area contributed by atoms with Gasteiger partial charge in [-0.25, -0.2) is 9.67 Å². The highest BCUT2D eigenvalue weighted by Gasteiger charge is 2.17. The lowest BCUT2D eigenvalue weighted by atomic mass is 10.1. The fourth-order valence-corrected chi connectivity index (χ4v) is 3.03. The van der Waals surface area contributed by atoms with Crippen LogP contribution >= 0.6 is 0 Å². The van der Waals surface area contributed by atoms with Crippen molar-refractivity contribution in [2.75, 3.05) is 14.2 Å². The predicted molar refractivity (Wildman–Crippen MR) is 107 cm³/mol. The molecule has 0 saturated heterocycles. The van der Waals surface area contributed by atoms with Gasteiger partial charge < -0.3 is 14.5 Å². The van der Waals surface area contributed by atoms with Crippen molar-refractivity contribution in [1.29, 1.82) is 0 Å². The molecule has 0 unspecified atom stereocenters. The molecule has 4 aromatic rings. The number of hydrogen-bond donors (Lipinski definition) is 1. The Morgan fingerprint density at radius 1 is 1.14 bits per heavy atom. The molecule has 1 N–H and O–H groups in total. The molecule has 0 saturated carbocycles. The highest BCUT2D eigenvalue weighted by molar-refractivity contribution is 6.04. The van der Waals surface area contributed by atoms with Gasteiger partial charge in [-0.05, 0) is 30.3 Å². The number of carbonyl (C=O) groups excluding carboxylic acids is 1. The van der Waals surface area contributed by atoms with Crippen molar-refractivity contribution in [1.82, 2.24) is 20.1 Å². The fourth-order valence-electron chi connectivity index (χ4n) is 3.03. The van der Waals surface area contributed by atoms with Gasteiger partial charge in [0.25, 0.3) is 11.5 Å². The lowest BCUT2D eigenvalue weighted by Gasteiger charge is -2.09. The second kappa shape index (κ2) is 7.59. The first-order valence-electron chi connectivity index (χ1n) is 8.91. The molecule has 8 heteroatoms. The van der Waals surface area contributed by atoms with Gasteiger partial charge in [0.15, 0.2) is 5.69 Å². The zero-order valence-electron chi connectivity index (χ0n) is 15.9. The summed E-state index contributed by atoms with van der Waals surface area (Å²) in [6, 6.07) is 14.2. The summed E-state index contributed by atoms with van der Waals surface area (Å²) in [5, 5.41) is 7.75. The Morgan fingerprint density at radius 2 is 1.86 bits per heavy atom. The van der Waals surface area contributed by atoms with Gasteiger partial charge in [-0.1, -0.05) is 18.2 Å². The van der Waals surface area contributed by atoms with Crippen LogP contribution in [0.1, 0.15) is 16.2 Å². The Kier molecular flexibility index (Phi) is 4.82. The second-order valence-corrected chi connectivity index (χ2v) is 6.31. The average molecular weight is 390 g/mol. The highest BCUT2D eigenvalue weighted by atomic mass is 16.5. The molecular weight excluding hydrogens is 372 g/mol. The van der Waals surface area contributed by atoms with Gasteiger partial charge in [0.1, 0.15) is 17.7 Å². The molecule has 2 heterocycles. The third kappa shape index (κ3) is 3.47. The largest absolute Gasteiger partial charge is 0.497 e. The summed E-state index contributed by atoms with van der Waals surface area (Å²) in [7, 11) is 3.12. The van der Waals surface area contributed by atoms with E-state index in [0.717, 1.165) is 11.3 Å². The molecule has 0 atom stereocenters. The van der Waals surface area contributed by atoms with Crippen LogP contribution in [0, 0.1) is 0 Å². The maximum Gasteiger partial charge on any atom is 0.275 e. The Balaban J connectivity index is 1.71. The molecule has 29 heavy (non-hydrogen) atoms. The minimum absolute atomic E-state index is 0.0767. The monoisotopic (exact) mass is 390 g/mol. The van der Waals surface area contributed by atoms with E-state index in [1.54, 1.807) is 31.4 Å². The van der Waals surface area contributed by atoms with Crippen LogP contribution in [0.5, 0.6) is 5.75 Å². The van der Waals surface area contributed by atoms with Crippen molar-refractivity contribution in [2.45, 2.75) is 6.54 Å². The van der Waals surface area contributed by atoms with Crippen molar-refractivity contribution in [3.05, 3.63) is 76.5 Å². The maximum absolute atomic E-state index is 12.8. The van der Waals surface area contributed by atoms with Crippen molar-refractivity contribution < 1.29 is 13.9 Å². The number of benzene rings is 2. The van der Waals surface area contributed by atoms with Gasteiger partial charge in [-0.2, -0.15) is 5.10 Å². The van der Waals surface area contributed by atoms with Crippen LogP contribution in [-0.2, 0) is 6.54 Å². The second-order valence-electron chi connectivity index (χ2n) is 6.31. The number of fused-ring (bicyclic) bond motifs is 1. The van der Waals surface area contributed by atoms with Crippen molar-refractivity contribution in [3.8, 4) is 17.2 Å². The lowest BCUT2D eigenvalue weighted by molar-refractivity contribution is 0.0957. The molecule has 0 aliphatic heterocycles. The molecule has 0 aliphatic carbocycles. The number of hydrogen-bond acceptors (Lipinski definition) is 6. The van der Waals surface area contributed by atoms with E-state index < -0.39 is 0 Å². The summed E-state index contributed by atoms with van der Waals surface area (Å²) < 4.78 is 11.9. The molecule has 4 rings (SSSR count). The molecule has 146 valence electrons. The van der Waals surface area contributed by atoms with E-state index >= 15 is 0 Å². The minimum Gasteiger partial charge on any atom is -0.497 e. The third-order valence-electron chi connectivity index (χ3n) is 4.51. The Morgan fingerprint density at radius 3 is 2.55 bits per heavy atom. The van der Waals surface area contributed by atoms with E-state index in [1.165, 1.54) is 18.0 Å². The van der Waals surface area contributed by atoms with Crippen LogP contribution in [0.4, 0.5) is 0 Å². The SMILES string of the molecule is CNC(=O)c1nn(Cc2coc(-c3ccc(OC)cc3)n2)c(=O)c2ccccc12. The number of amides is 1. The topological polar surface area (TPSA) is 99.2 Å². The fraction of sp³-hybridized carbons (Fsp3) is 0.143. The predicted octanol–water partition coefficient (Wildman–Crippen LogP) is 2.47. The maximum atomic E-state index is 12.8. The molecule has 0 fully saturated rings. The Hall–Kier alpha value is -3.94. The van der Waals surface area contributed by atoms with Gasteiger partial charge in [0.05, 0.1) is 19.0 Å². The zero-order valence-corrected chi connectivity index (χ0v) is 15.9. The quantitative estimate of drug-likeness (QED) is 0.562. The molecule has 0 bridgehead atoms. The van der Waals surface area contributed by atoms with Gasteiger partial charge >= 0.3 is 0 Å². The third-order valence-corrected chi connectivity index (χ3v) is 4.51. The van der Waals surface area contributed by atoms with E-state index in [2.05, 4.69) is 15.4 Å². The number of methoxy groups -OCH3 is 1. The number of carbonyl (C=O) groups is 1. The molecule has 2 aromatic carbocycles. The molecule has 2 aromatic heterocycles. The smallest absolute Gasteiger partial charge is 0.275 e. The van der Waals surface area contributed by atoms with E-state index in [1.807, 2.05) is 24.3 Å². The number of ether oxygens (including phenoxy) is 1. The molecule has 8 nitrogen and oxygen atoms in total. The number of oxazole rings is 1. The molecular formula is C21H18N4O4. The van der Waals surface area contributed by atoms with E-state index in [-0.39, 0.29) is 23.7 Å². The summed E-state index contributed by atoms with van der Waals surface area (Å²) in [5.41, 5.74) is 1.18. The lowest BCUT2D eigenvalue weighted by Crippen LogP contribution is -2.29. The number of nitrogens with one attached hydrogen (secondary N) is 1. The van der Waals surface area contributed by atoms with E-state index in [4.69, 9.17) is 9.15 Å². The Bertz CT molecular complexity index is 1240.